The van der Waals surface area contributed by atoms with Gasteiger partial charge in [0.05, 0.1) is 19.6 Å². The van der Waals surface area contributed by atoms with Crippen LogP contribution in [0.5, 0.6) is 0 Å². The standard InChI is InChI=1S/C14H21NO2.C2H6/c1-5-8-9-13(6-2)11-15-12(4)10-14(16)17-7-3;1-2/h5-6,8-9H,1,7,10-11H2,2-4H3;1-2H3/b9-8-,13-6+,15-12?;. The second-order valence-electron chi connectivity index (χ2n) is 3.49. The van der Waals surface area contributed by atoms with Crippen LogP contribution in [-0.2, 0) is 9.53 Å². The van der Waals surface area contributed by atoms with Gasteiger partial charge in [-0.15, -0.1) is 0 Å². The summed E-state index contributed by atoms with van der Waals surface area (Å²) in [6, 6.07) is 0. The predicted octanol–water partition coefficient (Wildman–Crippen LogP) is 4.12. The Morgan fingerprint density at radius 3 is 2.47 bits per heavy atom. The molecular weight excluding hydrogens is 238 g/mol. The van der Waals surface area contributed by atoms with Gasteiger partial charge in [-0.25, -0.2) is 0 Å². The van der Waals surface area contributed by atoms with Crippen molar-refractivity contribution in [3.05, 3.63) is 36.5 Å². The summed E-state index contributed by atoms with van der Waals surface area (Å²) in [6.07, 6.45) is 7.79. The highest BCUT2D eigenvalue weighted by molar-refractivity contribution is 5.97. The van der Waals surface area contributed by atoms with Crippen LogP contribution < -0.4 is 0 Å². The minimum Gasteiger partial charge on any atom is -0.466 e. The first kappa shape index (κ1) is 19.7. The zero-order chi connectivity index (χ0) is 15.1. The van der Waals surface area contributed by atoms with Crippen LogP contribution in [0, 0.1) is 0 Å². The fourth-order valence-electron chi connectivity index (χ4n) is 1.13. The van der Waals surface area contributed by atoms with Crippen LogP contribution in [0.2, 0.25) is 0 Å². The first-order valence-electron chi connectivity index (χ1n) is 6.73. The SMILES string of the molecule is C=C/C=C\C(=C/C)CN=C(C)CC(=O)OCC.CC. The molecular formula is C16H27NO2. The monoisotopic (exact) mass is 265 g/mol. The maximum Gasteiger partial charge on any atom is 0.311 e. The van der Waals surface area contributed by atoms with E-state index in [0.717, 1.165) is 11.3 Å². The molecule has 0 aliphatic rings. The van der Waals surface area contributed by atoms with E-state index in [0.29, 0.717) is 13.2 Å². The number of esters is 1. The highest BCUT2D eigenvalue weighted by Gasteiger charge is 2.03. The highest BCUT2D eigenvalue weighted by atomic mass is 16.5. The second kappa shape index (κ2) is 14.4. The van der Waals surface area contributed by atoms with E-state index >= 15 is 0 Å². The van der Waals surface area contributed by atoms with Gasteiger partial charge in [0, 0.05) is 5.71 Å². The minimum atomic E-state index is -0.225. The van der Waals surface area contributed by atoms with E-state index in [1.54, 1.807) is 13.0 Å². The van der Waals surface area contributed by atoms with Gasteiger partial charge in [-0.2, -0.15) is 0 Å². The lowest BCUT2D eigenvalue weighted by atomic mass is 10.2. The molecule has 0 aliphatic heterocycles. The molecule has 0 rings (SSSR count). The molecule has 108 valence electrons. The van der Waals surface area contributed by atoms with Crippen molar-refractivity contribution < 1.29 is 9.53 Å². The summed E-state index contributed by atoms with van der Waals surface area (Å²) in [6.45, 7) is 14.2. The summed E-state index contributed by atoms with van der Waals surface area (Å²) in [4.78, 5) is 15.5. The topological polar surface area (TPSA) is 38.7 Å². The van der Waals surface area contributed by atoms with E-state index in [1.165, 1.54) is 0 Å². The summed E-state index contributed by atoms with van der Waals surface area (Å²) in [5.74, 6) is -0.225. The Bertz CT molecular complexity index is 339. The fourth-order valence-corrected chi connectivity index (χ4v) is 1.13. The quantitative estimate of drug-likeness (QED) is 0.394. The van der Waals surface area contributed by atoms with Gasteiger partial charge in [0.2, 0.25) is 0 Å². The van der Waals surface area contributed by atoms with Gasteiger partial charge >= 0.3 is 5.97 Å². The Morgan fingerprint density at radius 1 is 1.37 bits per heavy atom. The van der Waals surface area contributed by atoms with Crippen LogP contribution >= 0.6 is 0 Å². The average molecular weight is 265 g/mol. The summed E-state index contributed by atoms with van der Waals surface area (Å²) >= 11 is 0. The van der Waals surface area contributed by atoms with Crippen molar-refractivity contribution in [3.63, 3.8) is 0 Å². The minimum absolute atomic E-state index is 0.225. The Labute approximate surface area is 117 Å². The highest BCUT2D eigenvalue weighted by Crippen LogP contribution is 2.00. The molecule has 19 heavy (non-hydrogen) atoms. The number of hydrogen-bond acceptors (Lipinski definition) is 3. The van der Waals surface area contributed by atoms with Crippen molar-refractivity contribution in [1.82, 2.24) is 0 Å². The summed E-state index contributed by atoms with van der Waals surface area (Å²) in [7, 11) is 0. The average Bonchev–Trinajstić information content (AvgIpc) is 2.41. The van der Waals surface area contributed by atoms with Crippen LogP contribution in [-0.4, -0.2) is 24.8 Å². The van der Waals surface area contributed by atoms with Gasteiger partial charge in [-0.1, -0.05) is 44.7 Å². The molecule has 0 aliphatic carbocycles. The van der Waals surface area contributed by atoms with E-state index in [4.69, 9.17) is 4.74 Å². The van der Waals surface area contributed by atoms with Crippen LogP contribution in [0.15, 0.2) is 41.4 Å². The van der Waals surface area contributed by atoms with E-state index in [9.17, 15) is 4.79 Å². The van der Waals surface area contributed by atoms with Crippen LogP contribution in [0.1, 0.15) is 41.0 Å². The number of nitrogens with zero attached hydrogens (tertiary/aromatic N) is 1. The lowest BCUT2D eigenvalue weighted by molar-refractivity contribution is -0.141. The molecule has 3 nitrogen and oxygen atoms in total. The number of aliphatic imine (C=N–C) groups is 1. The molecule has 0 fully saturated rings. The molecule has 0 aromatic rings. The number of carbonyl (C=O) groups excluding carboxylic acids is 1. The molecule has 0 saturated heterocycles. The molecule has 0 atom stereocenters. The lowest BCUT2D eigenvalue weighted by Crippen LogP contribution is -2.09. The number of carbonyl (C=O) groups is 1. The molecule has 0 aromatic carbocycles. The molecule has 0 spiro atoms. The third-order valence-corrected chi connectivity index (χ3v) is 2.05. The Balaban J connectivity index is 0. The molecule has 0 aromatic heterocycles. The van der Waals surface area contributed by atoms with Gasteiger partial charge in [0.1, 0.15) is 0 Å². The summed E-state index contributed by atoms with van der Waals surface area (Å²) in [5.41, 5.74) is 1.88. The predicted molar refractivity (Wildman–Crippen MR) is 83.7 cm³/mol. The zero-order valence-electron chi connectivity index (χ0n) is 12.9. The van der Waals surface area contributed by atoms with E-state index in [1.807, 2.05) is 45.9 Å². The summed E-state index contributed by atoms with van der Waals surface area (Å²) < 4.78 is 4.85. The lowest BCUT2D eigenvalue weighted by Gasteiger charge is -2.02. The van der Waals surface area contributed by atoms with Crippen molar-refractivity contribution in [1.29, 1.82) is 0 Å². The maximum absolute atomic E-state index is 11.2. The van der Waals surface area contributed by atoms with E-state index < -0.39 is 0 Å². The Morgan fingerprint density at radius 2 is 2.00 bits per heavy atom. The van der Waals surface area contributed by atoms with Gasteiger partial charge in [-0.05, 0) is 26.3 Å². The van der Waals surface area contributed by atoms with Crippen molar-refractivity contribution in [3.8, 4) is 0 Å². The third kappa shape index (κ3) is 12.6. The van der Waals surface area contributed by atoms with Crippen molar-refractivity contribution in [2.45, 2.75) is 41.0 Å². The molecule has 0 bridgehead atoms. The van der Waals surface area contributed by atoms with E-state index in [2.05, 4.69) is 11.6 Å². The first-order chi connectivity index (χ1) is 9.13. The fraction of sp³-hybridized carbons (Fsp3) is 0.500. The van der Waals surface area contributed by atoms with Crippen molar-refractivity contribution >= 4 is 11.7 Å². The molecule has 0 radical (unpaired) electrons. The Kier molecular flexibility index (Phi) is 14.9. The molecule has 3 heteroatoms. The molecule has 0 heterocycles. The van der Waals surface area contributed by atoms with Crippen molar-refractivity contribution in [2.75, 3.05) is 13.2 Å². The van der Waals surface area contributed by atoms with Gasteiger partial charge < -0.3 is 4.74 Å². The largest absolute Gasteiger partial charge is 0.466 e. The first-order valence-corrected chi connectivity index (χ1v) is 6.73. The van der Waals surface area contributed by atoms with Crippen LogP contribution in [0.3, 0.4) is 0 Å². The second-order valence-corrected chi connectivity index (χ2v) is 3.49. The molecule has 0 N–H and O–H groups in total. The van der Waals surface area contributed by atoms with Gasteiger partial charge in [0.25, 0.3) is 0 Å². The summed E-state index contributed by atoms with van der Waals surface area (Å²) in [5, 5.41) is 0. The molecule has 0 amide bonds. The molecule has 0 saturated carbocycles. The zero-order valence-corrected chi connectivity index (χ0v) is 12.9. The number of hydrogen-bond donors (Lipinski definition) is 0. The van der Waals surface area contributed by atoms with Gasteiger partial charge in [0.15, 0.2) is 0 Å². The normalized spacial score (nSPS) is 11.8. The Hall–Kier alpha value is -1.64. The molecule has 0 unspecified atom stereocenters. The van der Waals surface area contributed by atoms with Gasteiger partial charge in [-0.3, -0.25) is 9.79 Å². The third-order valence-electron chi connectivity index (χ3n) is 2.05. The number of rotatable bonds is 7. The van der Waals surface area contributed by atoms with E-state index in [-0.39, 0.29) is 12.4 Å². The number of allylic oxidation sites excluding steroid dienone is 3. The maximum atomic E-state index is 11.2. The van der Waals surface area contributed by atoms with Crippen molar-refractivity contribution in [2.24, 2.45) is 4.99 Å². The smallest absolute Gasteiger partial charge is 0.311 e. The van der Waals surface area contributed by atoms with Crippen LogP contribution in [0.4, 0.5) is 0 Å². The van der Waals surface area contributed by atoms with Crippen LogP contribution in [0.25, 0.3) is 0 Å². The number of ether oxygens (including phenoxy) is 1.